The zero-order valence-corrected chi connectivity index (χ0v) is 29.7. The van der Waals surface area contributed by atoms with Crippen LogP contribution < -0.4 is 5.32 Å². The highest BCUT2D eigenvalue weighted by Crippen LogP contribution is 2.53. The molecule has 1 nitrogen and oxygen atoms in total. The fourth-order valence-electron chi connectivity index (χ4n) is 8.24. The SMILES string of the molecule is C/C=C\C=C/C1=CC(c2ccccc2)(c2ccccc2C(C)(C)C)c2cc(C3=CC=C(C4C=CC(C)(Nc5ccccc5)C4)CC3)ccc21. The lowest BCUT2D eigenvalue weighted by Crippen LogP contribution is -2.31. The summed E-state index contributed by atoms with van der Waals surface area (Å²) in [6.07, 6.45) is 24.0. The summed E-state index contributed by atoms with van der Waals surface area (Å²) in [6, 6.07) is 38.1. The number of hydrogen-bond acceptors (Lipinski definition) is 1. The molecule has 3 atom stereocenters. The number of rotatable bonds is 8. The first-order chi connectivity index (χ1) is 23.7. The van der Waals surface area contributed by atoms with Crippen molar-refractivity contribution in [3.63, 3.8) is 0 Å². The molecular formula is C48H49N. The number of fused-ring (bicyclic) bond motifs is 1. The highest BCUT2D eigenvalue weighted by molar-refractivity contribution is 5.88. The van der Waals surface area contributed by atoms with Gasteiger partial charge in [0.1, 0.15) is 0 Å². The highest BCUT2D eigenvalue weighted by atomic mass is 15.0. The second-order valence-electron chi connectivity index (χ2n) is 15.2. The van der Waals surface area contributed by atoms with Crippen LogP contribution in [0.4, 0.5) is 5.69 Å². The van der Waals surface area contributed by atoms with Crippen LogP contribution in [0.1, 0.15) is 87.3 Å². The van der Waals surface area contributed by atoms with E-state index < -0.39 is 5.41 Å². The second-order valence-corrected chi connectivity index (χ2v) is 15.2. The molecule has 49 heavy (non-hydrogen) atoms. The molecule has 7 rings (SSSR count). The van der Waals surface area contributed by atoms with Gasteiger partial charge in [0.15, 0.2) is 0 Å². The maximum atomic E-state index is 3.77. The third-order valence-corrected chi connectivity index (χ3v) is 10.7. The van der Waals surface area contributed by atoms with Gasteiger partial charge in [-0.15, -0.1) is 0 Å². The molecule has 0 saturated heterocycles. The molecule has 1 N–H and O–H groups in total. The Balaban J connectivity index is 1.29. The maximum absolute atomic E-state index is 3.77. The van der Waals surface area contributed by atoms with Crippen molar-refractivity contribution in [2.45, 2.75) is 70.3 Å². The molecule has 0 radical (unpaired) electrons. The van der Waals surface area contributed by atoms with E-state index in [1.807, 2.05) is 0 Å². The Bertz CT molecular complexity index is 2010. The van der Waals surface area contributed by atoms with Crippen molar-refractivity contribution in [3.05, 3.63) is 197 Å². The van der Waals surface area contributed by atoms with Gasteiger partial charge in [0.05, 0.1) is 11.0 Å². The fraction of sp³-hybridized carbons (Fsp3) is 0.250. The normalized spacial score (nSPS) is 23.4. The van der Waals surface area contributed by atoms with Gasteiger partial charge in [-0.25, -0.2) is 0 Å². The van der Waals surface area contributed by atoms with Crippen LogP contribution in [0.15, 0.2) is 163 Å². The summed E-state index contributed by atoms with van der Waals surface area (Å²) < 4.78 is 0. The van der Waals surface area contributed by atoms with E-state index >= 15 is 0 Å². The summed E-state index contributed by atoms with van der Waals surface area (Å²) in [5.74, 6) is 0.467. The van der Waals surface area contributed by atoms with Crippen LogP contribution in [0.3, 0.4) is 0 Å². The average molecular weight is 640 g/mol. The van der Waals surface area contributed by atoms with Gasteiger partial charge in [0.25, 0.3) is 0 Å². The Morgan fingerprint density at radius 1 is 0.776 bits per heavy atom. The molecule has 1 heteroatoms. The van der Waals surface area contributed by atoms with E-state index in [2.05, 4.69) is 198 Å². The second kappa shape index (κ2) is 13.2. The Hall–Kier alpha value is -4.88. The van der Waals surface area contributed by atoms with Gasteiger partial charge in [-0.05, 0) is 101 Å². The maximum Gasteiger partial charge on any atom is 0.0650 e. The molecule has 0 spiro atoms. The number of allylic oxidation sites excluding steroid dienone is 11. The van der Waals surface area contributed by atoms with Crippen LogP contribution in [0.2, 0.25) is 0 Å². The van der Waals surface area contributed by atoms with Crippen molar-refractivity contribution < 1.29 is 0 Å². The fourth-order valence-corrected chi connectivity index (χ4v) is 8.24. The third kappa shape index (κ3) is 6.35. The molecule has 0 amide bonds. The van der Waals surface area contributed by atoms with Gasteiger partial charge in [-0.1, -0.05) is 166 Å². The number of para-hydroxylation sites is 1. The lowest BCUT2D eigenvalue weighted by Gasteiger charge is -2.36. The number of benzene rings is 4. The predicted octanol–water partition coefficient (Wildman–Crippen LogP) is 12.4. The van der Waals surface area contributed by atoms with Crippen molar-refractivity contribution in [2.24, 2.45) is 5.92 Å². The minimum Gasteiger partial charge on any atom is -0.376 e. The average Bonchev–Trinajstić information content (AvgIpc) is 3.67. The van der Waals surface area contributed by atoms with E-state index in [9.17, 15) is 0 Å². The molecule has 4 aromatic rings. The monoisotopic (exact) mass is 639 g/mol. The van der Waals surface area contributed by atoms with Crippen molar-refractivity contribution in [1.29, 1.82) is 0 Å². The molecular weight excluding hydrogens is 591 g/mol. The molecule has 3 unspecified atom stereocenters. The van der Waals surface area contributed by atoms with Crippen molar-refractivity contribution >= 4 is 16.8 Å². The van der Waals surface area contributed by atoms with E-state index in [1.54, 1.807) is 0 Å². The van der Waals surface area contributed by atoms with Crippen molar-refractivity contribution in [1.82, 2.24) is 0 Å². The molecule has 0 aliphatic heterocycles. The molecule has 0 bridgehead atoms. The van der Waals surface area contributed by atoms with Crippen LogP contribution in [-0.4, -0.2) is 5.54 Å². The van der Waals surface area contributed by atoms with Crippen LogP contribution in [-0.2, 0) is 10.8 Å². The Morgan fingerprint density at radius 2 is 1.51 bits per heavy atom. The first-order valence-electron chi connectivity index (χ1n) is 18.0. The predicted molar refractivity (Wildman–Crippen MR) is 211 cm³/mol. The summed E-state index contributed by atoms with van der Waals surface area (Å²) >= 11 is 0. The lowest BCUT2D eigenvalue weighted by molar-refractivity contribution is 0.543. The van der Waals surface area contributed by atoms with Gasteiger partial charge in [0, 0.05) is 11.6 Å². The zero-order chi connectivity index (χ0) is 34.1. The zero-order valence-electron chi connectivity index (χ0n) is 29.7. The van der Waals surface area contributed by atoms with Gasteiger partial charge in [-0.2, -0.15) is 0 Å². The number of nitrogens with one attached hydrogen (secondary N) is 1. The van der Waals surface area contributed by atoms with E-state index in [-0.39, 0.29) is 11.0 Å². The van der Waals surface area contributed by atoms with E-state index in [0.29, 0.717) is 5.92 Å². The minimum absolute atomic E-state index is 0.0119. The van der Waals surface area contributed by atoms with Crippen LogP contribution in [0, 0.1) is 5.92 Å². The van der Waals surface area contributed by atoms with Gasteiger partial charge in [-0.3, -0.25) is 0 Å². The molecule has 3 aliphatic carbocycles. The summed E-state index contributed by atoms with van der Waals surface area (Å²) in [6.45, 7) is 11.4. The summed E-state index contributed by atoms with van der Waals surface area (Å²) in [5.41, 5.74) is 13.0. The van der Waals surface area contributed by atoms with E-state index in [4.69, 9.17) is 0 Å². The largest absolute Gasteiger partial charge is 0.376 e. The topological polar surface area (TPSA) is 12.0 Å². The van der Waals surface area contributed by atoms with Gasteiger partial charge >= 0.3 is 0 Å². The van der Waals surface area contributed by atoms with Crippen LogP contribution in [0.25, 0.3) is 11.1 Å². The molecule has 3 aliphatic rings. The van der Waals surface area contributed by atoms with E-state index in [1.165, 1.54) is 55.8 Å². The minimum atomic E-state index is -0.410. The van der Waals surface area contributed by atoms with Crippen LogP contribution in [0.5, 0.6) is 0 Å². The quantitative estimate of drug-likeness (QED) is 0.149. The smallest absolute Gasteiger partial charge is 0.0650 e. The first kappa shape index (κ1) is 32.7. The van der Waals surface area contributed by atoms with Crippen molar-refractivity contribution in [2.75, 3.05) is 5.32 Å². The first-order valence-corrected chi connectivity index (χ1v) is 18.0. The Morgan fingerprint density at radius 3 is 2.22 bits per heavy atom. The Kier molecular flexibility index (Phi) is 8.80. The third-order valence-electron chi connectivity index (χ3n) is 10.7. The van der Waals surface area contributed by atoms with Crippen LogP contribution >= 0.6 is 0 Å². The summed E-state index contributed by atoms with van der Waals surface area (Å²) in [5, 5.41) is 3.77. The molecule has 4 aromatic carbocycles. The summed E-state index contributed by atoms with van der Waals surface area (Å²) in [7, 11) is 0. The lowest BCUT2D eigenvalue weighted by atomic mass is 9.66. The number of anilines is 1. The number of hydrogen-bond donors (Lipinski definition) is 1. The molecule has 0 heterocycles. The van der Waals surface area contributed by atoms with E-state index in [0.717, 1.165) is 19.3 Å². The summed E-state index contributed by atoms with van der Waals surface area (Å²) in [4.78, 5) is 0. The Labute approximate surface area is 294 Å². The van der Waals surface area contributed by atoms with Gasteiger partial charge < -0.3 is 5.32 Å². The molecule has 0 saturated carbocycles. The molecule has 0 aromatic heterocycles. The van der Waals surface area contributed by atoms with Crippen molar-refractivity contribution in [3.8, 4) is 0 Å². The van der Waals surface area contributed by atoms with Gasteiger partial charge in [0.2, 0.25) is 0 Å². The standard InChI is InChI=1S/C48H49N/c1-6-7-10-17-39-34-48(40-18-11-8-12-19-40,44-23-16-15-22-43(44)46(2,3)4)45-32-37(28-29-42(39)45)35-24-26-36(27-25-35)38-30-31-47(5,33-38)49-41-20-13-9-14-21-41/h6-24,26,28-32,34,38,49H,25,27,33H2,1-5H3/b7-6-,17-10-. The molecule has 246 valence electrons. The molecule has 0 fully saturated rings. The highest BCUT2D eigenvalue weighted by Gasteiger charge is 2.43.